The zero-order valence-corrected chi connectivity index (χ0v) is 11.0. The number of benzene rings is 1. The Morgan fingerprint density at radius 2 is 1.71 bits per heavy atom. The Hall–Kier alpha value is -1.60. The van der Waals surface area contributed by atoms with Crippen LogP contribution >= 0.6 is 11.3 Å². The Morgan fingerprint density at radius 3 is 2.35 bits per heavy atom. The van der Waals surface area contributed by atoms with E-state index in [1.54, 1.807) is 11.3 Å². The zero-order valence-electron chi connectivity index (χ0n) is 10.2. The highest BCUT2D eigenvalue weighted by Crippen LogP contribution is 2.05. The summed E-state index contributed by atoms with van der Waals surface area (Å²) in [5.74, 6) is 0. The van der Waals surface area contributed by atoms with Gasteiger partial charge in [0.15, 0.2) is 0 Å². The molecule has 0 aliphatic heterocycles. The number of rotatable bonds is 2. The van der Waals surface area contributed by atoms with Gasteiger partial charge in [0.25, 0.3) is 0 Å². The molecule has 1 heterocycles. The lowest BCUT2D eigenvalue weighted by Gasteiger charge is -1.91. The predicted molar refractivity (Wildman–Crippen MR) is 79.2 cm³/mol. The lowest BCUT2D eigenvalue weighted by molar-refractivity contribution is 1.62. The molecule has 0 spiro atoms. The first-order chi connectivity index (χ1) is 8.35. The van der Waals surface area contributed by atoms with Crippen LogP contribution in [0.4, 0.5) is 0 Å². The van der Waals surface area contributed by atoms with E-state index in [2.05, 4.69) is 67.8 Å². The second-order valence-electron chi connectivity index (χ2n) is 3.79. The Labute approximate surface area is 106 Å². The molecule has 0 bridgehead atoms. The first-order valence-electron chi connectivity index (χ1n) is 5.78. The van der Waals surface area contributed by atoms with Gasteiger partial charge in [0.2, 0.25) is 0 Å². The first kappa shape index (κ1) is 11.9. The molecule has 2 rings (SSSR count). The van der Waals surface area contributed by atoms with Crippen LogP contribution in [0.5, 0.6) is 0 Å². The third kappa shape index (κ3) is 2.75. The highest BCUT2D eigenvalue weighted by Gasteiger charge is 1.94. The molecule has 1 aromatic carbocycles. The number of thiophene rings is 1. The maximum atomic E-state index is 2.21. The Morgan fingerprint density at radius 1 is 0.941 bits per heavy atom. The summed E-state index contributed by atoms with van der Waals surface area (Å²) in [6.07, 6.45) is 8.69. The maximum Gasteiger partial charge on any atom is 0.0302 e. The second-order valence-corrected chi connectivity index (χ2v) is 4.70. The largest absolute Gasteiger partial charge is 0.144 e. The van der Waals surface area contributed by atoms with Crippen LogP contribution in [0.2, 0.25) is 0 Å². The van der Waals surface area contributed by atoms with Crippen LogP contribution in [-0.2, 0) is 0 Å². The summed E-state index contributed by atoms with van der Waals surface area (Å²) in [7, 11) is 0. The molecule has 0 aliphatic rings. The molecular weight excluding hydrogens is 224 g/mol. The average Bonchev–Trinajstić information content (AvgIpc) is 2.79. The smallest absolute Gasteiger partial charge is 0.0302 e. The van der Waals surface area contributed by atoms with Crippen molar-refractivity contribution in [3.8, 4) is 0 Å². The van der Waals surface area contributed by atoms with Crippen molar-refractivity contribution in [2.75, 3.05) is 0 Å². The maximum absolute atomic E-state index is 2.21. The number of hydrogen-bond donors (Lipinski definition) is 0. The van der Waals surface area contributed by atoms with E-state index in [0.717, 1.165) is 0 Å². The van der Waals surface area contributed by atoms with E-state index in [1.165, 1.54) is 20.9 Å². The van der Waals surface area contributed by atoms with Gasteiger partial charge in [-0.3, -0.25) is 0 Å². The van der Waals surface area contributed by atoms with Gasteiger partial charge in [0.1, 0.15) is 0 Å². The van der Waals surface area contributed by atoms with Crippen LogP contribution in [0.3, 0.4) is 0 Å². The summed E-state index contributed by atoms with van der Waals surface area (Å²) in [5, 5.41) is 3.55. The molecule has 86 valence electrons. The predicted octanol–water partition coefficient (Wildman–Crippen LogP) is 3.52. The fraction of sp³-hybridized carbons (Fsp3) is 0.125. The molecule has 0 nitrogen and oxygen atoms in total. The minimum Gasteiger partial charge on any atom is -0.144 e. The molecule has 0 N–H and O–H groups in total. The van der Waals surface area contributed by atoms with Crippen molar-refractivity contribution < 1.29 is 0 Å². The van der Waals surface area contributed by atoms with E-state index in [9.17, 15) is 0 Å². The zero-order chi connectivity index (χ0) is 12.1. The molecule has 17 heavy (non-hydrogen) atoms. The van der Waals surface area contributed by atoms with Crippen molar-refractivity contribution >= 4 is 35.6 Å². The first-order valence-corrected chi connectivity index (χ1v) is 6.66. The Kier molecular flexibility index (Phi) is 3.94. The minimum absolute atomic E-state index is 1.24. The third-order valence-corrected chi connectivity index (χ3v) is 3.78. The van der Waals surface area contributed by atoms with E-state index in [1.807, 2.05) is 6.07 Å². The van der Waals surface area contributed by atoms with Crippen molar-refractivity contribution in [2.24, 2.45) is 0 Å². The quantitative estimate of drug-likeness (QED) is 0.753. The van der Waals surface area contributed by atoms with E-state index in [0.29, 0.717) is 0 Å². The van der Waals surface area contributed by atoms with Crippen LogP contribution in [0.1, 0.15) is 25.0 Å². The van der Waals surface area contributed by atoms with Gasteiger partial charge in [-0.05, 0) is 35.6 Å². The molecule has 2 aromatic rings. The van der Waals surface area contributed by atoms with Gasteiger partial charge < -0.3 is 0 Å². The van der Waals surface area contributed by atoms with Crippen molar-refractivity contribution in [2.45, 2.75) is 13.8 Å². The molecule has 1 aromatic heterocycles. The van der Waals surface area contributed by atoms with Gasteiger partial charge in [-0.2, -0.15) is 0 Å². The standard InChI is InChI=1S/C16H16S/c1-3-15-14(12-17-16(15)4-2)11-10-13-8-6-5-7-9-13/h3-12H,1-2H3/b11-10+,15-3-,16-4+. The monoisotopic (exact) mass is 240 g/mol. The minimum atomic E-state index is 1.24. The second kappa shape index (κ2) is 5.65. The van der Waals surface area contributed by atoms with Crippen molar-refractivity contribution in [1.29, 1.82) is 0 Å². The summed E-state index contributed by atoms with van der Waals surface area (Å²) < 4.78 is 1.35. The topological polar surface area (TPSA) is 0 Å². The van der Waals surface area contributed by atoms with Crippen molar-refractivity contribution in [3.63, 3.8) is 0 Å². The fourth-order valence-corrected chi connectivity index (χ4v) is 2.77. The van der Waals surface area contributed by atoms with Crippen LogP contribution in [0.25, 0.3) is 24.3 Å². The summed E-state index contributed by atoms with van der Waals surface area (Å²) in [6.45, 7) is 4.18. The van der Waals surface area contributed by atoms with Crippen LogP contribution in [-0.4, -0.2) is 0 Å². The number of hydrogen-bond acceptors (Lipinski definition) is 1. The van der Waals surface area contributed by atoms with Gasteiger partial charge >= 0.3 is 0 Å². The van der Waals surface area contributed by atoms with E-state index < -0.39 is 0 Å². The molecule has 0 radical (unpaired) electrons. The van der Waals surface area contributed by atoms with Crippen LogP contribution in [0.15, 0.2) is 35.7 Å². The highest BCUT2D eigenvalue weighted by atomic mass is 32.1. The van der Waals surface area contributed by atoms with Crippen molar-refractivity contribution in [1.82, 2.24) is 0 Å². The molecule has 1 heteroatoms. The van der Waals surface area contributed by atoms with Gasteiger partial charge in [-0.25, -0.2) is 0 Å². The van der Waals surface area contributed by atoms with E-state index in [-0.39, 0.29) is 0 Å². The Balaban J connectivity index is 2.38. The summed E-state index contributed by atoms with van der Waals surface area (Å²) in [5.41, 5.74) is 2.54. The molecule has 0 unspecified atom stereocenters. The van der Waals surface area contributed by atoms with Gasteiger partial charge in [0, 0.05) is 4.53 Å². The molecular formula is C16H16S. The third-order valence-electron chi connectivity index (χ3n) is 2.70. The van der Waals surface area contributed by atoms with E-state index in [4.69, 9.17) is 0 Å². The lowest BCUT2D eigenvalue weighted by atomic mass is 10.1. The molecule has 0 fully saturated rings. The van der Waals surface area contributed by atoms with Crippen molar-refractivity contribution in [3.05, 3.63) is 56.6 Å². The van der Waals surface area contributed by atoms with Gasteiger partial charge in [0.05, 0.1) is 0 Å². The molecule has 0 atom stereocenters. The summed E-state index contributed by atoms with van der Waals surface area (Å²) in [4.78, 5) is 0. The van der Waals surface area contributed by atoms with Crippen LogP contribution < -0.4 is 9.75 Å². The summed E-state index contributed by atoms with van der Waals surface area (Å²) >= 11 is 1.80. The molecule has 0 amide bonds. The summed E-state index contributed by atoms with van der Waals surface area (Å²) in [6, 6.07) is 10.4. The fourth-order valence-electron chi connectivity index (χ4n) is 1.81. The van der Waals surface area contributed by atoms with Gasteiger partial charge in [-0.1, -0.05) is 54.6 Å². The van der Waals surface area contributed by atoms with E-state index >= 15 is 0 Å². The SMILES string of the molecule is C/C=c1/c(/C=C/c2ccccc2)cs/c1=C/C. The molecule has 0 saturated carbocycles. The average molecular weight is 240 g/mol. The normalized spacial score (nSPS) is 13.8. The molecule has 0 saturated heterocycles. The van der Waals surface area contributed by atoms with Crippen LogP contribution in [0, 0.1) is 0 Å². The van der Waals surface area contributed by atoms with Gasteiger partial charge in [-0.15, -0.1) is 11.3 Å². The lowest BCUT2D eigenvalue weighted by Crippen LogP contribution is -2.19. The molecule has 0 aliphatic carbocycles. The highest BCUT2D eigenvalue weighted by molar-refractivity contribution is 7.08. The Bertz CT molecular complexity index is 615.